The summed E-state index contributed by atoms with van der Waals surface area (Å²) in [7, 11) is 0. The Morgan fingerprint density at radius 1 is 1.45 bits per heavy atom. The zero-order valence-corrected chi connectivity index (χ0v) is 7.81. The maximum absolute atomic E-state index is 11.4. The summed E-state index contributed by atoms with van der Waals surface area (Å²) >= 11 is 0. The molecule has 1 aliphatic carbocycles. The number of carbonyl (C=O) groups excluding carboxylic acids is 1. The smallest absolute Gasteiger partial charge is 0.136 e. The van der Waals surface area contributed by atoms with Crippen molar-refractivity contribution in [1.82, 2.24) is 0 Å². The SMILES string of the molecule is C[C@H]1CCCC(C)(C)CC1=O. The molecule has 0 N–H and O–H groups in total. The van der Waals surface area contributed by atoms with Gasteiger partial charge in [0.05, 0.1) is 0 Å². The monoisotopic (exact) mass is 154 g/mol. The van der Waals surface area contributed by atoms with Crippen LogP contribution in [0.3, 0.4) is 0 Å². The van der Waals surface area contributed by atoms with Crippen LogP contribution in [-0.4, -0.2) is 5.78 Å². The molecule has 1 nitrogen and oxygen atoms in total. The molecule has 1 atom stereocenters. The Hall–Kier alpha value is -0.330. The number of rotatable bonds is 0. The van der Waals surface area contributed by atoms with Crippen LogP contribution in [0, 0.1) is 11.3 Å². The van der Waals surface area contributed by atoms with E-state index in [4.69, 9.17) is 0 Å². The fourth-order valence-electron chi connectivity index (χ4n) is 1.78. The number of hydrogen-bond donors (Lipinski definition) is 0. The van der Waals surface area contributed by atoms with Gasteiger partial charge >= 0.3 is 0 Å². The third-order valence-electron chi connectivity index (χ3n) is 2.69. The number of ketones is 1. The van der Waals surface area contributed by atoms with E-state index < -0.39 is 0 Å². The molecule has 0 aromatic rings. The number of hydrogen-bond acceptors (Lipinski definition) is 1. The first-order valence-corrected chi connectivity index (χ1v) is 4.54. The van der Waals surface area contributed by atoms with Gasteiger partial charge in [-0.1, -0.05) is 27.2 Å². The van der Waals surface area contributed by atoms with E-state index in [1.165, 1.54) is 12.8 Å². The van der Waals surface area contributed by atoms with Crippen molar-refractivity contribution in [1.29, 1.82) is 0 Å². The zero-order valence-electron chi connectivity index (χ0n) is 7.81. The summed E-state index contributed by atoms with van der Waals surface area (Å²) in [6.07, 6.45) is 4.32. The number of carbonyl (C=O) groups is 1. The van der Waals surface area contributed by atoms with Crippen LogP contribution in [0.1, 0.15) is 46.5 Å². The van der Waals surface area contributed by atoms with Crippen LogP contribution in [0.2, 0.25) is 0 Å². The summed E-state index contributed by atoms with van der Waals surface area (Å²) in [6, 6.07) is 0. The third-order valence-corrected chi connectivity index (χ3v) is 2.69. The first kappa shape index (κ1) is 8.76. The van der Waals surface area contributed by atoms with Crippen molar-refractivity contribution in [3.05, 3.63) is 0 Å². The summed E-state index contributed by atoms with van der Waals surface area (Å²) < 4.78 is 0. The minimum atomic E-state index is 0.266. The van der Waals surface area contributed by atoms with E-state index in [0.29, 0.717) is 11.7 Å². The van der Waals surface area contributed by atoms with Crippen molar-refractivity contribution in [2.75, 3.05) is 0 Å². The fraction of sp³-hybridized carbons (Fsp3) is 0.900. The lowest BCUT2D eigenvalue weighted by Gasteiger charge is -2.20. The average molecular weight is 154 g/mol. The van der Waals surface area contributed by atoms with Crippen molar-refractivity contribution in [2.24, 2.45) is 11.3 Å². The molecule has 0 unspecified atom stereocenters. The van der Waals surface area contributed by atoms with Gasteiger partial charge in [0.25, 0.3) is 0 Å². The van der Waals surface area contributed by atoms with E-state index in [1.807, 2.05) is 0 Å². The highest BCUT2D eigenvalue weighted by Gasteiger charge is 2.27. The van der Waals surface area contributed by atoms with Gasteiger partial charge in [-0.25, -0.2) is 0 Å². The molecule has 0 spiro atoms. The Morgan fingerprint density at radius 2 is 2.09 bits per heavy atom. The van der Waals surface area contributed by atoms with E-state index in [-0.39, 0.29) is 5.41 Å². The highest BCUT2D eigenvalue weighted by Crippen LogP contribution is 2.33. The highest BCUT2D eigenvalue weighted by molar-refractivity contribution is 5.81. The Balaban J connectivity index is 2.63. The summed E-state index contributed by atoms with van der Waals surface area (Å²) in [4.78, 5) is 11.4. The van der Waals surface area contributed by atoms with Crippen LogP contribution in [0.5, 0.6) is 0 Å². The highest BCUT2D eigenvalue weighted by atomic mass is 16.1. The molecule has 0 radical (unpaired) electrons. The molecule has 0 bridgehead atoms. The van der Waals surface area contributed by atoms with Gasteiger partial charge in [0.1, 0.15) is 5.78 Å². The second-order valence-electron chi connectivity index (χ2n) is 4.60. The van der Waals surface area contributed by atoms with Crippen LogP contribution in [0.25, 0.3) is 0 Å². The largest absolute Gasteiger partial charge is 0.299 e. The van der Waals surface area contributed by atoms with Crippen molar-refractivity contribution >= 4 is 5.78 Å². The summed E-state index contributed by atoms with van der Waals surface area (Å²) in [5.74, 6) is 0.782. The molecule has 1 saturated carbocycles. The maximum Gasteiger partial charge on any atom is 0.136 e. The van der Waals surface area contributed by atoms with E-state index in [2.05, 4.69) is 20.8 Å². The summed E-state index contributed by atoms with van der Waals surface area (Å²) in [5.41, 5.74) is 0.266. The lowest BCUT2D eigenvalue weighted by Crippen LogP contribution is -2.17. The molecule has 11 heavy (non-hydrogen) atoms. The van der Waals surface area contributed by atoms with E-state index in [9.17, 15) is 4.79 Å². The van der Waals surface area contributed by atoms with Crippen molar-refractivity contribution < 1.29 is 4.79 Å². The Bertz CT molecular complexity index is 158. The maximum atomic E-state index is 11.4. The van der Waals surface area contributed by atoms with E-state index >= 15 is 0 Å². The Morgan fingerprint density at radius 3 is 2.73 bits per heavy atom. The van der Waals surface area contributed by atoms with Gasteiger partial charge < -0.3 is 0 Å². The van der Waals surface area contributed by atoms with Gasteiger partial charge in [0.2, 0.25) is 0 Å². The second-order valence-corrected chi connectivity index (χ2v) is 4.60. The van der Waals surface area contributed by atoms with Crippen LogP contribution in [0.15, 0.2) is 0 Å². The summed E-state index contributed by atoms with van der Waals surface area (Å²) in [6.45, 7) is 6.45. The van der Waals surface area contributed by atoms with Crippen molar-refractivity contribution in [3.63, 3.8) is 0 Å². The predicted molar refractivity (Wildman–Crippen MR) is 46.4 cm³/mol. The zero-order chi connectivity index (χ0) is 8.48. The predicted octanol–water partition coefficient (Wildman–Crippen LogP) is 2.79. The molecular formula is C10H18O. The standard InChI is InChI=1S/C10H18O/c1-8-5-4-6-10(2,3)7-9(8)11/h8H,4-7H2,1-3H3/t8-/m0/s1. The first-order valence-electron chi connectivity index (χ1n) is 4.54. The van der Waals surface area contributed by atoms with Crippen LogP contribution in [-0.2, 0) is 4.79 Å². The van der Waals surface area contributed by atoms with Crippen LogP contribution >= 0.6 is 0 Å². The lowest BCUT2D eigenvalue weighted by molar-refractivity contribution is -0.123. The molecule has 0 heterocycles. The van der Waals surface area contributed by atoms with Gasteiger partial charge in [-0.3, -0.25) is 4.79 Å². The van der Waals surface area contributed by atoms with Gasteiger partial charge in [0.15, 0.2) is 0 Å². The van der Waals surface area contributed by atoms with Gasteiger partial charge in [0, 0.05) is 12.3 Å². The first-order chi connectivity index (χ1) is 5.01. The molecular weight excluding hydrogens is 136 g/mol. The molecule has 0 aliphatic heterocycles. The molecule has 1 fully saturated rings. The topological polar surface area (TPSA) is 17.1 Å². The minimum absolute atomic E-state index is 0.266. The molecule has 1 aliphatic rings. The fourth-order valence-corrected chi connectivity index (χ4v) is 1.78. The van der Waals surface area contributed by atoms with E-state index in [1.54, 1.807) is 0 Å². The molecule has 0 aromatic carbocycles. The normalized spacial score (nSPS) is 31.5. The minimum Gasteiger partial charge on any atom is -0.299 e. The molecule has 0 amide bonds. The van der Waals surface area contributed by atoms with Gasteiger partial charge in [-0.2, -0.15) is 0 Å². The van der Waals surface area contributed by atoms with E-state index in [0.717, 1.165) is 12.8 Å². The third kappa shape index (κ3) is 2.32. The summed E-state index contributed by atoms with van der Waals surface area (Å²) in [5, 5.41) is 0. The molecule has 1 rings (SSSR count). The van der Waals surface area contributed by atoms with Crippen molar-refractivity contribution in [3.8, 4) is 0 Å². The van der Waals surface area contributed by atoms with Gasteiger partial charge in [-0.15, -0.1) is 0 Å². The lowest BCUT2D eigenvalue weighted by atomic mass is 9.84. The molecule has 0 saturated heterocycles. The average Bonchev–Trinajstić information content (AvgIpc) is 1.93. The molecule has 1 heteroatoms. The van der Waals surface area contributed by atoms with Crippen molar-refractivity contribution in [2.45, 2.75) is 46.5 Å². The quantitative estimate of drug-likeness (QED) is 0.490. The number of Topliss-reactive ketones (excluding diaryl/α,β-unsaturated/α-hetero) is 1. The van der Waals surface area contributed by atoms with Crippen LogP contribution in [0.4, 0.5) is 0 Å². The molecule has 64 valence electrons. The molecule has 0 aromatic heterocycles. The second kappa shape index (κ2) is 2.96. The Kier molecular flexibility index (Phi) is 2.36. The van der Waals surface area contributed by atoms with Crippen LogP contribution < -0.4 is 0 Å². The Labute approximate surface area is 69.2 Å². The van der Waals surface area contributed by atoms with Gasteiger partial charge in [-0.05, 0) is 18.3 Å².